The highest BCUT2D eigenvalue weighted by atomic mass is 35.5. The van der Waals surface area contributed by atoms with E-state index in [-0.39, 0.29) is 23.3 Å². The van der Waals surface area contributed by atoms with E-state index in [1.807, 2.05) is 31.3 Å². The van der Waals surface area contributed by atoms with E-state index in [0.29, 0.717) is 40.5 Å². The van der Waals surface area contributed by atoms with Crippen molar-refractivity contribution >= 4 is 39.3 Å². The molecule has 2 aromatic carbocycles. The Morgan fingerprint density at radius 2 is 2.12 bits per heavy atom. The number of carbonyl (C=O) groups is 1. The van der Waals surface area contributed by atoms with Gasteiger partial charge in [0.2, 0.25) is 0 Å². The molecule has 5 rings (SSSR count). The number of fused-ring (bicyclic) bond motifs is 3. The van der Waals surface area contributed by atoms with Crippen molar-refractivity contribution in [2.24, 2.45) is 7.05 Å². The van der Waals surface area contributed by atoms with Crippen LogP contribution in [0.5, 0.6) is 5.75 Å². The van der Waals surface area contributed by atoms with Gasteiger partial charge in [0.15, 0.2) is 5.69 Å². The summed E-state index contributed by atoms with van der Waals surface area (Å²) in [6.07, 6.45) is 1.87. The molecule has 8 nitrogen and oxygen atoms in total. The summed E-state index contributed by atoms with van der Waals surface area (Å²) in [5, 5.41) is 9.11. The summed E-state index contributed by atoms with van der Waals surface area (Å²) >= 11 is 6.30. The highest BCUT2D eigenvalue weighted by Gasteiger charge is 2.25. The van der Waals surface area contributed by atoms with Crippen LogP contribution in [0.25, 0.3) is 27.5 Å². The predicted molar refractivity (Wildman–Crippen MR) is 127 cm³/mol. The number of nitrogens with zero attached hydrogens (tertiary/aromatic N) is 3. The first-order valence-corrected chi connectivity index (χ1v) is 11.1. The van der Waals surface area contributed by atoms with Crippen LogP contribution >= 0.6 is 11.6 Å². The number of amides is 1. The molecule has 3 heterocycles. The molecule has 0 saturated carbocycles. The molecule has 1 aliphatic heterocycles. The number of carbonyl (C=O) groups excluding carboxylic acids is 1. The zero-order chi connectivity index (χ0) is 23.1. The number of rotatable bonds is 5. The van der Waals surface area contributed by atoms with Crippen molar-refractivity contribution < 1.29 is 14.3 Å². The minimum absolute atomic E-state index is 0.0109. The first kappa shape index (κ1) is 21.5. The Bertz CT molecular complexity index is 1440. The van der Waals surface area contributed by atoms with E-state index in [0.717, 1.165) is 23.7 Å². The Morgan fingerprint density at radius 3 is 2.85 bits per heavy atom. The molecule has 1 fully saturated rings. The summed E-state index contributed by atoms with van der Waals surface area (Å²) in [4.78, 5) is 26.9. The number of para-hydroxylation sites is 1. The Morgan fingerprint density at radius 1 is 1.30 bits per heavy atom. The molecule has 170 valence electrons. The number of aryl methyl sites for hydroxylation is 1. The lowest BCUT2D eigenvalue weighted by Crippen LogP contribution is -2.34. The van der Waals surface area contributed by atoms with Gasteiger partial charge in [0.25, 0.3) is 11.5 Å². The van der Waals surface area contributed by atoms with E-state index < -0.39 is 0 Å². The van der Waals surface area contributed by atoms with Crippen LogP contribution in [0.2, 0.25) is 5.02 Å². The molecule has 0 radical (unpaired) electrons. The molecule has 0 spiro atoms. The molecule has 1 saturated heterocycles. The third-order valence-electron chi connectivity index (χ3n) is 6.05. The number of halogens is 1. The summed E-state index contributed by atoms with van der Waals surface area (Å²) in [6.45, 7) is 1.09. The maximum absolute atomic E-state index is 13.6. The average Bonchev–Trinajstić information content (AvgIpc) is 3.45. The first-order valence-electron chi connectivity index (χ1n) is 10.7. The van der Waals surface area contributed by atoms with Crippen LogP contribution in [0.3, 0.4) is 0 Å². The lowest BCUT2D eigenvalue weighted by Gasteiger charge is -2.13. The quantitative estimate of drug-likeness (QED) is 0.486. The molecule has 1 N–H and O–H groups in total. The molecule has 1 amide bonds. The van der Waals surface area contributed by atoms with E-state index in [1.165, 1.54) is 11.8 Å². The minimum Gasteiger partial charge on any atom is -0.495 e. The largest absolute Gasteiger partial charge is 0.495 e. The third kappa shape index (κ3) is 3.65. The van der Waals surface area contributed by atoms with Gasteiger partial charge in [0.1, 0.15) is 11.3 Å². The third-order valence-corrected chi connectivity index (χ3v) is 6.34. The number of hydrogen-bond donors (Lipinski definition) is 1. The summed E-state index contributed by atoms with van der Waals surface area (Å²) in [5.41, 5.74) is 1.49. The second-order valence-electron chi connectivity index (χ2n) is 8.03. The minimum atomic E-state index is -0.361. The number of hydrogen-bond acceptors (Lipinski definition) is 5. The Hall–Kier alpha value is -3.36. The van der Waals surface area contributed by atoms with E-state index in [9.17, 15) is 9.59 Å². The van der Waals surface area contributed by atoms with Gasteiger partial charge in [-0.3, -0.25) is 9.59 Å². The van der Waals surface area contributed by atoms with Crippen molar-refractivity contribution in [3.05, 3.63) is 63.5 Å². The van der Waals surface area contributed by atoms with Gasteiger partial charge in [-0.15, -0.1) is 0 Å². The van der Waals surface area contributed by atoms with Crippen LogP contribution < -0.4 is 15.6 Å². The molecule has 33 heavy (non-hydrogen) atoms. The van der Waals surface area contributed by atoms with Gasteiger partial charge in [-0.05, 0) is 37.1 Å². The van der Waals surface area contributed by atoms with Crippen LogP contribution in [0.4, 0.5) is 0 Å². The summed E-state index contributed by atoms with van der Waals surface area (Å²) in [7, 11) is 3.33. The van der Waals surface area contributed by atoms with E-state index in [1.54, 1.807) is 22.8 Å². The zero-order valence-electron chi connectivity index (χ0n) is 18.3. The Balaban J connectivity index is 1.72. The standard InChI is InChI=1S/C24H23ClN4O4/c1-28-18-8-4-3-7-16(18)20-21(23(30)26-13-15-6-5-11-33-15)27-29(24(31)22(20)28)14-9-10-19(32-2)17(25)12-14/h3-4,7-10,12,15H,5-6,11,13H2,1-2H3,(H,26,30)/t15-/m1/s1. The van der Waals surface area contributed by atoms with Crippen LogP contribution in [0, 0.1) is 0 Å². The summed E-state index contributed by atoms with van der Waals surface area (Å²) in [6, 6.07) is 12.5. The molecule has 4 aromatic rings. The monoisotopic (exact) mass is 466 g/mol. The molecule has 1 aliphatic rings. The second kappa shape index (κ2) is 8.53. The first-order chi connectivity index (χ1) is 16.0. The lowest BCUT2D eigenvalue weighted by atomic mass is 10.1. The van der Waals surface area contributed by atoms with Gasteiger partial charge < -0.3 is 19.4 Å². The topological polar surface area (TPSA) is 87.4 Å². The van der Waals surface area contributed by atoms with Crippen molar-refractivity contribution in [2.45, 2.75) is 18.9 Å². The van der Waals surface area contributed by atoms with E-state index in [2.05, 4.69) is 10.4 Å². The molecule has 0 unspecified atom stereocenters. The van der Waals surface area contributed by atoms with Crippen LogP contribution in [0.15, 0.2) is 47.3 Å². The maximum atomic E-state index is 13.6. The molecule has 9 heteroatoms. The van der Waals surface area contributed by atoms with Crippen molar-refractivity contribution in [1.29, 1.82) is 0 Å². The van der Waals surface area contributed by atoms with E-state index in [4.69, 9.17) is 21.1 Å². The molecule has 2 aromatic heterocycles. The molecular weight excluding hydrogens is 444 g/mol. The van der Waals surface area contributed by atoms with Gasteiger partial charge in [0.05, 0.1) is 23.9 Å². The summed E-state index contributed by atoms with van der Waals surface area (Å²) in [5.74, 6) is 0.119. The normalized spacial score (nSPS) is 15.9. The fraction of sp³-hybridized carbons (Fsp3) is 0.292. The van der Waals surface area contributed by atoms with Gasteiger partial charge in [-0.25, -0.2) is 0 Å². The van der Waals surface area contributed by atoms with Crippen molar-refractivity contribution in [2.75, 3.05) is 20.3 Å². The number of ether oxygens (including phenoxy) is 2. The van der Waals surface area contributed by atoms with Crippen LogP contribution in [0.1, 0.15) is 23.3 Å². The van der Waals surface area contributed by atoms with Gasteiger partial charge in [-0.1, -0.05) is 29.8 Å². The van der Waals surface area contributed by atoms with Gasteiger partial charge in [0, 0.05) is 36.5 Å². The summed E-state index contributed by atoms with van der Waals surface area (Å²) < 4.78 is 13.9. The van der Waals surface area contributed by atoms with Gasteiger partial charge in [-0.2, -0.15) is 9.78 Å². The molecular formula is C24H23ClN4O4. The molecule has 0 aliphatic carbocycles. The number of benzene rings is 2. The second-order valence-corrected chi connectivity index (χ2v) is 8.44. The van der Waals surface area contributed by atoms with Crippen molar-refractivity contribution in [1.82, 2.24) is 19.7 Å². The zero-order valence-corrected chi connectivity index (χ0v) is 19.1. The Labute approximate surface area is 194 Å². The molecule has 1 atom stereocenters. The number of aromatic nitrogens is 3. The Kier molecular flexibility index (Phi) is 5.55. The fourth-order valence-corrected chi connectivity index (χ4v) is 4.65. The van der Waals surface area contributed by atoms with Crippen LogP contribution in [-0.4, -0.2) is 46.6 Å². The predicted octanol–water partition coefficient (Wildman–Crippen LogP) is 3.45. The number of nitrogens with one attached hydrogen (secondary N) is 1. The number of methoxy groups -OCH3 is 1. The van der Waals surface area contributed by atoms with Crippen molar-refractivity contribution in [3.63, 3.8) is 0 Å². The fourth-order valence-electron chi connectivity index (χ4n) is 4.40. The van der Waals surface area contributed by atoms with Crippen LogP contribution in [-0.2, 0) is 11.8 Å². The lowest BCUT2D eigenvalue weighted by molar-refractivity contribution is 0.0854. The highest BCUT2D eigenvalue weighted by Crippen LogP contribution is 2.30. The highest BCUT2D eigenvalue weighted by molar-refractivity contribution is 6.32. The van der Waals surface area contributed by atoms with E-state index >= 15 is 0 Å². The average molecular weight is 467 g/mol. The SMILES string of the molecule is COc1ccc(-n2nc(C(=O)NC[C@H]3CCCO3)c3c4ccccc4n(C)c3c2=O)cc1Cl. The smallest absolute Gasteiger partial charge is 0.296 e. The van der Waals surface area contributed by atoms with Gasteiger partial charge >= 0.3 is 0 Å². The maximum Gasteiger partial charge on any atom is 0.296 e. The van der Waals surface area contributed by atoms with Crippen molar-refractivity contribution in [3.8, 4) is 11.4 Å². The molecule has 0 bridgehead atoms.